The van der Waals surface area contributed by atoms with Crippen LogP contribution >= 0.6 is 0 Å². The second-order valence-electron chi connectivity index (χ2n) is 5.06. The minimum atomic E-state index is 0.350. The van der Waals surface area contributed by atoms with Gasteiger partial charge in [0, 0.05) is 13.2 Å². The van der Waals surface area contributed by atoms with Gasteiger partial charge in [0.25, 0.3) is 0 Å². The molecule has 1 aromatic carbocycles. The van der Waals surface area contributed by atoms with E-state index in [-0.39, 0.29) is 0 Å². The van der Waals surface area contributed by atoms with Crippen LogP contribution in [0.4, 0.5) is 0 Å². The summed E-state index contributed by atoms with van der Waals surface area (Å²) in [4.78, 5) is 2.54. The Morgan fingerprint density at radius 3 is 2.82 bits per heavy atom. The number of aliphatic hydroxyl groups is 1. The predicted octanol–water partition coefficient (Wildman–Crippen LogP) is 2.32. The fourth-order valence-electron chi connectivity index (χ4n) is 2.69. The Bertz CT molecular complexity index is 312. The summed E-state index contributed by atoms with van der Waals surface area (Å²) in [6.07, 6.45) is 4.68. The monoisotopic (exact) mass is 233 g/mol. The maximum Gasteiger partial charge on any atom is 0.0434 e. The molecule has 0 bridgehead atoms. The molecule has 0 saturated carbocycles. The van der Waals surface area contributed by atoms with Gasteiger partial charge in [-0.05, 0) is 50.3 Å². The molecule has 0 radical (unpaired) electrons. The Morgan fingerprint density at radius 1 is 1.24 bits per heavy atom. The van der Waals surface area contributed by atoms with E-state index in [1.165, 1.54) is 44.5 Å². The van der Waals surface area contributed by atoms with Crippen molar-refractivity contribution in [1.29, 1.82) is 0 Å². The van der Waals surface area contributed by atoms with Gasteiger partial charge in [0.15, 0.2) is 0 Å². The van der Waals surface area contributed by atoms with Gasteiger partial charge in [-0.25, -0.2) is 0 Å². The van der Waals surface area contributed by atoms with E-state index in [0.717, 1.165) is 12.3 Å². The summed E-state index contributed by atoms with van der Waals surface area (Å²) in [5.74, 6) is 0.733. The topological polar surface area (TPSA) is 23.5 Å². The van der Waals surface area contributed by atoms with Gasteiger partial charge in [-0.15, -0.1) is 0 Å². The second kappa shape index (κ2) is 6.77. The number of benzene rings is 1. The average molecular weight is 233 g/mol. The molecule has 0 aromatic heterocycles. The molecular formula is C15H23NO. The summed E-state index contributed by atoms with van der Waals surface area (Å²) < 4.78 is 0. The molecule has 1 aliphatic rings. The fraction of sp³-hybridized carbons (Fsp3) is 0.600. The maximum absolute atomic E-state index is 8.92. The summed E-state index contributed by atoms with van der Waals surface area (Å²) in [5.41, 5.74) is 1.44. The smallest absolute Gasteiger partial charge is 0.0434 e. The van der Waals surface area contributed by atoms with Crippen LogP contribution in [0.2, 0.25) is 0 Å². The highest BCUT2D eigenvalue weighted by Gasteiger charge is 2.20. The molecule has 1 aliphatic heterocycles. The van der Waals surface area contributed by atoms with Gasteiger partial charge >= 0.3 is 0 Å². The van der Waals surface area contributed by atoms with E-state index in [1.807, 2.05) is 0 Å². The first-order valence-electron chi connectivity index (χ1n) is 6.75. The van der Waals surface area contributed by atoms with Crippen LogP contribution in [0.1, 0.15) is 24.8 Å². The number of aliphatic hydroxyl groups excluding tert-OH is 1. The van der Waals surface area contributed by atoms with Crippen molar-refractivity contribution < 1.29 is 5.11 Å². The lowest BCUT2D eigenvalue weighted by atomic mass is 10.1. The summed E-state index contributed by atoms with van der Waals surface area (Å²) in [5, 5.41) is 8.92. The molecule has 2 nitrogen and oxygen atoms in total. The molecule has 1 aromatic rings. The van der Waals surface area contributed by atoms with Crippen LogP contribution in [-0.2, 0) is 6.42 Å². The van der Waals surface area contributed by atoms with E-state index in [9.17, 15) is 0 Å². The lowest BCUT2D eigenvalue weighted by Crippen LogP contribution is -2.22. The third-order valence-electron chi connectivity index (χ3n) is 3.69. The minimum Gasteiger partial charge on any atom is -0.396 e. The molecule has 1 unspecified atom stereocenters. The van der Waals surface area contributed by atoms with Gasteiger partial charge < -0.3 is 10.0 Å². The zero-order valence-electron chi connectivity index (χ0n) is 10.5. The highest BCUT2D eigenvalue weighted by atomic mass is 16.3. The van der Waals surface area contributed by atoms with E-state index in [1.54, 1.807) is 0 Å². The summed E-state index contributed by atoms with van der Waals surface area (Å²) in [6, 6.07) is 10.7. The van der Waals surface area contributed by atoms with Crippen LogP contribution in [0.3, 0.4) is 0 Å². The third-order valence-corrected chi connectivity index (χ3v) is 3.69. The quantitative estimate of drug-likeness (QED) is 0.815. The number of hydrogen-bond acceptors (Lipinski definition) is 2. The SMILES string of the molecule is OCCC1CCN(CCCc2ccccc2)C1. The Balaban J connectivity index is 1.63. The molecule has 1 atom stereocenters. The molecule has 1 saturated heterocycles. The lowest BCUT2D eigenvalue weighted by Gasteiger charge is -2.15. The maximum atomic E-state index is 8.92. The zero-order valence-corrected chi connectivity index (χ0v) is 10.5. The number of aryl methyl sites for hydroxylation is 1. The second-order valence-corrected chi connectivity index (χ2v) is 5.06. The molecule has 0 spiro atoms. The van der Waals surface area contributed by atoms with Crippen LogP contribution < -0.4 is 0 Å². The number of hydrogen-bond donors (Lipinski definition) is 1. The Morgan fingerprint density at radius 2 is 2.06 bits per heavy atom. The number of rotatable bonds is 6. The molecule has 94 valence electrons. The molecule has 2 heteroatoms. The number of nitrogens with zero attached hydrogens (tertiary/aromatic N) is 1. The first-order chi connectivity index (χ1) is 8.38. The Kier molecular flexibility index (Phi) is 5.02. The van der Waals surface area contributed by atoms with E-state index >= 15 is 0 Å². The van der Waals surface area contributed by atoms with Crippen LogP contribution in [-0.4, -0.2) is 36.2 Å². The van der Waals surface area contributed by atoms with E-state index < -0.39 is 0 Å². The Labute approximate surface area is 104 Å². The predicted molar refractivity (Wildman–Crippen MR) is 71.0 cm³/mol. The van der Waals surface area contributed by atoms with Crippen LogP contribution in [0.5, 0.6) is 0 Å². The van der Waals surface area contributed by atoms with Crippen LogP contribution in [0.25, 0.3) is 0 Å². The van der Waals surface area contributed by atoms with Crippen molar-refractivity contribution in [1.82, 2.24) is 4.90 Å². The number of likely N-dealkylation sites (tertiary alicyclic amines) is 1. The van der Waals surface area contributed by atoms with E-state index in [0.29, 0.717) is 6.61 Å². The first kappa shape index (κ1) is 12.6. The average Bonchev–Trinajstić information content (AvgIpc) is 2.79. The lowest BCUT2D eigenvalue weighted by molar-refractivity contribution is 0.250. The standard InChI is InChI=1S/C15H23NO/c17-12-9-15-8-11-16(13-15)10-4-7-14-5-2-1-3-6-14/h1-3,5-6,15,17H,4,7-13H2. The van der Waals surface area contributed by atoms with Crippen LogP contribution in [0, 0.1) is 5.92 Å². The van der Waals surface area contributed by atoms with Gasteiger partial charge in [-0.3, -0.25) is 0 Å². The van der Waals surface area contributed by atoms with Gasteiger partial charge in [-0.1, -0.05) is 30.3 Å². The highest BCUT2D eigenvalue weighted by Crippen LogP contribution is 2.19. The van der Waals surface area contributed by atoms with E-state index in [4.69, 9.17) is 5.11 Å². The molecule has 1 heterocycles. The molecule has 0 amide bonds. The molecule has 17 heavy (non-hydrogen) atoms. The van der Waals surface area contributed by atoms with Crippen molar-refractivity contribution in [2.45, 2.75) is 25.7 Å². The van der Waals surface area contributed by atoms with Crippen molar-refractivity contribution in [3.8, 4) is 0 Å². The summed E-state index contributed by atoms with van der Waals surface area (Å²) in [6.45, 7) is 3.97. The molecule has 1 fully saturated rings. The van der Waals surface area contributed by atoms with Gasteiger partial charge in [0.05, 0.1) is 0 Å². The molecule has 1 N–H and O–H groups in total. The highest BCUT2D eigenvalue weighted by molar-refractivity contribution is 5.14. The summed E-state index contributed by atoms with van der Waals surface area (Å²) >= 11 is 0. The van der Waals surface area contributed by atoms with Gasteiger partial charge in [0.2, 0.25) is 0 Å². The van der Waals surface area contributed by atoms with Crippen molar-refractivity contribution in [3.05, 3.63) is 35.9 Å². The van der Waals surface area contributed by atoms with Gasteiger partial charge in [0.1, 0.15) is 0 Å². The first-order valence-corrected chi connectivity index (χ1v) is 6.75. The third kappa shape index (κ3) is 4.14. The molecule has 2 rings (SSSR count). The molecule has 0 aliphatic carbocycles. The summed E-state index contributed by atoms with van der Waals surface area (Å²) in [7, 11) is 0. The van der Waals surface area contributed by atoms with Crippen molar-refractivity contribution in [2.75, 3.05) is 26.2 Å². The minimum absolute atomic E-state index is 0.350. The van der Waals surface area contributed by atoms with E-state index in [2.05, 4.69) is 35.2 Å². The Hall–Kier alpha value is -0.860. The van der Waals surface area contributed by atoms with Crippen molar-refractivity contribution in [2.24, 2.45) is 5.92 Å². The normalized spacial score (nSPS) is 20.9. The zero-order chi connectivity index (χ0) is 11.9. The van der Waals surface area contributed by atoms with Crippen LogP contribution in [0.15, 0.2) is 30.3 Å². The van der Waals surface area contributed by atoms with Crippen molar-refractivity contribution in [3.63, 3.8) is 0 Å². The largest absolute Gasteiger partial charge is 0.396 e. The molecular weight excluding hydrogens is 210 g/mol. The van der Waals surface area contributed by atoms with Crippen molar-refractivity contribution >= 4 is 0 Å². The van der Waals surface area contributed by atoms with Gasteiger partial charge in [-0.2, -0.15) is 0 Å². The fourth-order valence-corrected chi connectivity index (χ4v) is 2.69.